The van der Waals surface area contributed by atoms with Gasteiger partial charge in [-0.25, -0.2) is 19.4 Å². The first-order valence-corrected chi connectivity index (χ1v) is 21.3. The molecule has 0 radical (unpaired) electrons. The minimum absolute atomic E-state index is 0.184. The van der Waals surface area contributed by atoms with Gasteiger partial charge in [0.05, 0.1) is 25.1 Å². The second-order valence-corrected chi connectivity index (χ2v) is 17.5. The summed E-state index contributed by atoms with van der Waals surface area (Å²) < 4.78 is 8.20. The molecule has 3 N–H and O–H groups in total. The number of aromatic nitrogens is 5. The van der Waals surface area contributed by atoms with Crippen LogP contribution in [0.25, 0.3) is 11.4 Å². The number of likely N-dealkylation sites (tertiary alicyclic amines) is 1. The zero-order chi connectivity index (χ0) is 40.7. The van der Waals surface area contributed by atoms with E-state index in [9.17, 15) is 19.2 Å². The van der Waals surface area contributed by atoms with E-state index in [0.717, 1.165) is 114 Å². The highest BCUT2D eigenvalue weighted by molar-refractivity contribution is 5.99. The Kier molecular flexibility index (Phi) is 10.8. The molecule has 2 aromatic heterocycles. The molecule has 9 rings (SSSR count). The number of ether oxygens (including phenoxy) is 1. The van der Waals surface area contributed by atoms with Crippen molar-refractivity contribution in [2.24, 2.45) is 24.1 Å². The fourth-order valence-corrected chi connectivity index (χ4v) is 9.86. The molecule has 5 fully saturated rings. The van der Waals surface area contributed by atoms with E-state index in [2.05, 4.69) is 66.5 Å². The molecule has 15 heteroatoms. The molecule has 1 atom stereocenters. The third-order valence-electron chi connectivity index (χ3n) is 13.4. The van der Waals surface area contributed by atoms with Gasteiger partial charge in [-0.2, -0.15) is 0 Å². The normalized spacial score (nSPS) is 21.7. The van der Waals surface area contributed by atoms with E-state index in [-0.39, 0.29) is 35.5 Å². The zero-order valence-corrected chi connectivity index (χ0v) is 33.9. The summed E-state index contributed by atoms with van der Waals surface area (Å²) in [6.07, 6.45) is 9.49. The van der Waals surface area contributed by atoms with Crippen LogP contribution in [0.1, 0.15) is 90.6 Å². The molecular formula is C44H54N10O5. The Balaban J connectivity index is 0.745. The first-order chi connectivity index (χ1) is 28.6. The van der Waals surface area contributed by atoms with Gasteiger partial charge in [0.15, 0.2) is 5.82 Å². The molecular weight excluding hydrogens is 749 g/mol. The Morgan fingerprint density at radius 3 is 2.34 bits per heavy atom. The smallest absolute Gasteiger partial charge is 0.346 e. The van der Waals surface area contributed by atoms with Crippen LogP contribution in [-0.4, -0.2) is 106 Å². The van der Waals surface area contributed by atoms with Crippen molar-refractivity contribution in [1.29, 1.82) is 0 Å². The number of carbonyl (C=O) groups excluding carboxylic acids is 3. The lowest BCUT2D eigenvalue weighted by Gasteiger charge is -2.48. The number of hydrogen-bond acceptors (Lipinski definition) is 11. The molecule has 4 aromatic rings. The second-order valence-electron chi connectivity index (χ2n) is 17.5. The summed E-state index contributed by atoms with van der Waals surface area (Å²) in [4.78, 5) is 66.1. The average molecular weight is 803 g/mol. The van der Waals surface area contributed by atoms with E-state index < -0.39 is 17.9 Å². The number of amides is 3. The summed E-state index contributed by atoms with van der Waals surface area (Å²) in [5.74, 6) is 1.14. The molecule has 5 aliphatic heterocycles. The second kappa shape index (κ2) is 16.3. The summed E-state index contributed by atoms with van der Waals surface area (Å²) in [6.45, 7) is 8.77. The SMILES string of the molecule is Cn1c(-c2ccc(N3CCC(CN4CCC(c5ccc(Cc6nc(N7CCCC8(COC8)C7)cnc6C(N)=O)cc5)CC4)CC3)cc2)nn(C2CCC(=O)NC2=O)c1=O. The van der Waals surface area contributed by atoms with Crippen molar-refractivity contribution in [2.75, 3.05) is 68.8 Å². The van der Waals surface area contributed by atoms with Crippen LogP contribution in [0.5, 0.6) is 0 Å². The third-order valence-corrected chi connectivity index (χ3v) is 13.4. The number of imide groups is 1. The van der Waals surface area contributed by atoms with Gasteiger partial charge in [-0.15, -0.1) is 5.10 Å². The summed E-state index contributed by atoms with van der Waals surface area (Å²) >= 11 is 0. The van der Waals surface area contributed by atoms with Crippen molar-refractivity contribution >= 4 is 29.2 Å². The number of nitrogens with one attached hydrogen (secondary N) is 1. The van der Waals surface area contributed by atoms with E-state index >= 15 is 0 Å². The number of nitrogens with two attached hydrogens (primary N) is 1. The molecule has 15 nitrogen and oxygen atoms in total. The minimum atomic E-state index is -0.788. The molecule has 7 heterocycles. The van der Waals surface area contributed by atoms with Gasteiger partial charge >= 0.3 is 5.69 Å². The predicted molar refractivity (Wildman–Crippen MR) is 222 cm³/mol. The number of piperidine rings is 4. The number of nitrogens with zero attached hydrogens (tertiary/aromatic N) is 8. The first kappa shape index (κ1) is 39.1. The molecule has 0 aliphatic carbocycles. The van der Waals surface area contributed by atoms with Gasteiger partial charge in [0.2, 0.25) is 5.91 Å². The van der Waals surface area contributed by atoms with E-state index in [1.54, 1.807) is 13.2 Å². The number of hydrogen-bond donors (Lipinski definition) is 2. The largest absolute Gasteiger partial charge is 0.380 e. The summed E-state index contributed by atoms with van der Waals surface area (Å²) in [5.41, 5.74) is 10.9. The van der Waals surface area contributed by atoms with E-state index in [1.807, 2.05) is 12.1 Å². The molecule has 310 valence electrons. The maximum Gasteiger partial charge on any atom is 0.346 e. The number of primary amides is 1. The molecule has 0 bridgehead atoms. The van der Waals surface area contributed by atoms with Crippen molar-refractivity contribution in [1.82, 2.24) is 34.5 Å². The quantitative estimate of drug-likeness (QED) is 0.225. The predicted octanol–water partition coefficient (Wildman–Crippen LogP) is 3.42. The van der Waals surface area contributed by atoms with Gasteiger partial charge in [-0.3, -0.25) is 24.3 Å². The number of carbonyl (C=O) groups is 3. The van der Waals surface area contributed by atoms with Crippen LogP contribution in [0.4, 0.5) is 11.5 Å². The van der Waals surface area contributed by atoms with Crippen LogP contribution >= 0.6 is 0 Å². The zero-order valence-electron chi connectivity index (χ0n) is 33.9. The van der Waals surface area contributed by atoms with Crippen molar-refractivity contribution in [3.63, 3.8) is 0 Å². The standard InChI is InChI=1S/C44H54N10O5/c1-50-41(49-54(43(50)58)36-11-12-38(55)48-42(36)57)33-7-9-34(10-8-33)52-21-13-30(14-22-52)25-51-19-15-32(16-20-51)31-5-3-29(4-6-31)23-35-39(40(45)56)46-24-37(47-35)53-18-2-17-44(26-53)27-59-28-44/h3-10,24,30,32,36H,2,11-23,25-28H2,1H3,(H2,45,56)(H,48,55,57). The van der Waals surface area contributed by atoms with Crippen LogP contribution in [-0.2, 0) is 27.8 Å². The van der Waals surface area contributed by atoms with Gasteiger partial charge in [0.1, 0.15) is 17.6 Å². The van der Waals surface area contributed by atoms with Crippen molar-refractivity contribution in [2.45, 2.75) is 69.7 Å². The van der Waals surface area contributed by atoms with Crippen LogP contribution in [0, 0.1) is 11.3 Å². The van der Waals surface area contributed by atoms with Crippen LogP contribution in [0.3, 0.4) is 0 Å². The minimum Gasteiger partial charge on any atom is -0.380 e. The lowest BCUT2D eigenvalue weighted by molar-refractivity contribution is -0.136. The monoisotopic (exact) mass is 802 g/mol. The molecule has 3 amide bonds. The summed E-state index contributed by atoms with van der Waals surface area (Å²) in [7, 11) is 1.66. The Morgan fingerprint density at radius 2 is 1.66 bits per heavy atom. The van der Waals surface area contributed by atoms with Gasteiger partial charge in [-0.1, -0.05) is 24.3 Å². The fourth-order valence-electron chi connectivity index (χ4n) is 9.86. The maximum atomic E-state index is 13.0. The van der Waals surface area contributed by atoms with E-state index in [4.69, 9.17) is 15.5 Å². The first-order valence-electron chi connectivity index (χ1n) is 21.3. The Hall–Kier alpha value is -5.41. The molecule has 1 unspecified atom stereocenters. The van der Waals surface area contributed by atoms with Gasteiger partial charge in [0, 0.05) is 69.3 Å². The van der Waals surface area contributed by atoms with Gasteiger partial charge < -0.3 is 25.2 Å². The Labute approximate surface area is 343 Å². The molecule has 5 saturated heterocycles. The topological polar surface area (TPSA) is 174 Å². The molecule has 5 aliphatic rings. The molecule has 2 aromatic carbocycles. The highest BCUT2D eigenvalue weighted by Gasteiger charge is 2.42. The molecule has 1 spiro atoms. The fraction of sp³-hybridized carbons (Fsp3) is 0.523. The van der Waals surface area contributed by atoms with Crippen LogP contribution in [0.2, 0.25) is 0 Å². The highest BCUT2D eigenvalue weighted by atomic mass is 16.5. The van der Waals surface area contributed by atoms with Gasteiger partial charge in [-0.05, 0) is 105 Å². The molecule has 0 saturated carbocycles. The van der Waals surface area contributed by atoms with E-state index in [0.29, 0.717) is 29.8 Å². The average Bonchev–Trinajstić information content (AvgIpc) is 3.53. The van der Waals surface area contributed by atoms with Gasteiger partial charge in [0.25, 0.3) is 11.8 Å². The lowest BCUT2D eigenvalue weighted by atomic mass is 9.78. The van der Waals surface area contributed by atoms with Crippen molar-refractivity contribution < 1.29 is 19.1 Å². The number of rotatable bonds is 10. The summed E-state index contributed by atoms with van der Waals surface area (Å²) in [5, 5.41) is 6.82. The van der Waals surface area contributed by atoms with Crippen molar-refractivity contribution in [3.05, 3.63) is 87.7 Å². The van der Waals surface area contributed by atoms with Crippen LogP contribution < -0.4 is 26.5 Å². The summed E-state index contributed by atoms with van der Waals surface area (Å²) in [6, 6.07) is 16.2. The molecule has 59 heavy (non-hydrogen) atoms. The lowest BCUT2D eigenvalue weighted by Crippen LogP contribution is -2.54. The van der Waals surface area contributed by atoms with Crippen molar-refractivity contribution in [3.8, 4) is 11.4 Å². The van der Waals surface area contributed by atoms with Crippen LogP contribution in [0.15, 0.2) is 59.5 Å². The number of benzene rings is 2. The third kappa shape index (κ3) is 8.14. The Bertz CT molecular complexity index is 2250. The van der Waals surface area contributed by atoms with E-state index in [1.165, 1.54) is 21.2 Å². The Morgan fingerprint density at radius 1 is 0.915 bits per heavy atom. The highest BCUT2D eigenvalue weighted by Crippen LogP contribution is 2.38. The number of anilines is 2. The maximum absolute atomic E-state index is 13.0.